The number of aryl methyl sites for hydroxylation is 1. The van der Waals surface area contributed by atoms with Gasteiger partial charge >= 0.3 is 0 Å². The van der Waals surface area contributed by atoms with Gasteiger partial charge in [0.25, 0.3) is 0 Å². The van der Waals surface area contributed by atoms with Gasteiger partial charge in [-0.3, -0.25) is 4.98 Å². The van der Waals surface area contributed by atoms with E-state index in [1.807, 2.05) is 13.0 Å². The van der Waals surface area contributed by atoms with Gasteiger partial charge in [-0.1, -0.05) is 6.07 Å². The van der Waals surface area contributed by atoms with Crippen molar-refractivity contribution < 1.29 is 9.84 Å². The van der Waals surface area contributed by atoms with Crippen LogP contribution in [-0.4, -0.2) is 10.1 Å². The number of ether oxygens (including phenoxy) is 1. The minimum atomic E-state index is -0.599. The third kappa shape index (κ3) is 3.09. The SMILES string of the molecule is Cc1ccc(C#N)cc1Oc1ccc([C@H](C)O)nc1. The van der Waals surface area contributed by atoms with E-state index in [0.29, 0.717) is 22.8 Å². The van der Waals surface area contributed by atoms with Crippen molar-refractivity contribution in [2.75, 3.05) is 0 Å². The summed E-state index contributed by atoms with van der Waals surface area (Å²) in [7, 11) is 0. The van der Waals surface area contributed by atoms with E-state index in [9.17, 15) is 5.11 Å². The second-order valence-electron chi connectivity index (χ2n) is 4.29. The molecule has 96 valence electrons. The Kier molecular flexibility index (Phi) is 3.79. The fourth-order valence-corrected chi connectivity index (χ4v) is 1.61. The summed E-state index contributed by atoms with van der Waals surface area (Å²) in [5, 5.41) is 18.2. The van der Waals surface area contributed by atoms with Crippen molar-refractivity contribution >= 4 is 0 Å². The fourth-order valence-electron chi connectivity index (χ4n) is 1.61. The fraction of sp³-hybridized carbons (Fsp3) is 0.200. The van der Waals surface area contributed by atoms with Crippen LogP contribution in [0.2, 0.25) is 0 Å². The summed E-state index contributed by atoms with van der Waals surface area (Å²) in [6.07, 6.45) is 0.957. The molecule has 0 aliphatic rings. The number of aromatic nitrogens is 1. The Labute approximate surface area is 111 Å². The van der Waals surface area contributed by atoms with Gasteiger partial charge in [-0.05, 0) is 43.7 Å². The highest BCUT2D eigenvalue weighted by molar-refractivity contribution is 5.43. The first-order valence-corrected chi connectivity index (χ1v) is 5.93. The molecule has 0 saturated carbocycles. The van der Waals surface area contributed by atoms with Crippen LogP contribution in [0.5, 0.6) is 11.5 Å². The van der Waals surface area contributed by atoms with Crippen molar-refractivity contribution in [3.05, 3.63) is 53.3 Å². The van der Waals surface area contributed by atoms with Gasteiger partial charge in [-0.2, -0.15) is 5.26 Å². The number of aliphatic hydroxyl groups excluding tert-OH is 1. The monoisotopic (exact) mass is 254 g/mol. The topological polar surface area (TPSA) is 66.1 Å². The summed E-state index contributed by atoms with van der Waals surface area (Å²) in [5.74, 6) is 1.20. The van der Waals surface area contributed by atoms with Crippen LogP contribution in [0.4, 0.5) is 0 Å². The van der Waals surface area contributed by atoms with E-state index in [-0.39, 0.29) is 0 Å². The molecule has 4 heteroatoms. The second-order valence-corrected chi connectivity index (χ2v) is 4.29. The molecule has 1 N–H and O–H groups in total. The molecule has 0 aliphatic carbocycles. The Morgan fingerprint density at radius 1 is 1.32 bits per heavy atom. The minimum Gasteiger partial charge on any atom is -0.455 e. The van der Waals surface area contributed by atoms with Crippen LogP contribution in [0.1, 0.15) is 29.8 Å². The smallest absolute Gasteiger partial charge is 0.145 e. The van der Waals surface area contributed by atoms with E-state index in [1.54, 1.807) is 37.4 Å². The van der Waals surface area contributed by atoms with E-state index in [1.165, 1.54) is 0 Å². The van der Waals surface area contributed by atoms with E-state index in [2.05, 4.69) is 11.1 Å². The number of benzene rings is 1. The molecule has 0 aliphatic heterocycles. The highest BCUT2D eigenvalue weighted by atomic mass is 16.5. The highest BCUT2D eigenvalue weighted by Gasteiger charge is 2.06. The van der Waals surface area contributed by atoms with Crippen molar-refractivity contribution in [3.63, 3.8) is 0 Å². The molecule has 19 heavy (non-hydrogen) atoms. The van der Waals surface area contributed by atoms with Gasteiger partial charge in [0, 0.05) is 0 Å². The Morgan fingerprint density at radius 3 is 2.68 bits per heavy atom. The van der Waals surface area contributed by atoms with E-state index in [4.69, 9.17) is 10.00 Å². The summed E-state index contributed by atoms with van der Waals surface area (Å²) in [5.41, 5.74) is 2.09. The average molecular weight is 254 g/mol. The highest BCUT2D eigenvalue weighted by Crippen LogP contribution is 2.26. The van der Waals surface area contributed by atoms with E-state index < -0.39 is 6.10 Å². The molecule has 1 aromatic carbocycles. The largest absolute Gasteiger partial charge is 0.455 e. The van der Waals surface area contributed by atoms with Crippen molar-refractivity contribution in [1.82, 2.24) is 4.98 Å². The number of hydrogen-bond acceptors (Lipinski definition) is 4. The van der Waals surface area contributed by atoms with Crippen LogP contribution >= 0.6 is 0 Å². The van der Waals surface area contributed by atoms with E-state index >= 15 is 0 Å². The minimum absolute atomic E-state index is 0.550. The van der Waals surface area contributed by atoms with Crippen molar-refractivity contribution in [2.45, 2.75) is 20.0 Å². The molecule has 1 atom stereocenters. The zero-order chi connectivity index (χ0) is 13.8. The lowest BCUT2D eigenvalue weighted by atomic mass is 10.1. The van der Waals surface area contributed by atoms with Crippen LogP contribution in [-0.2, 0) is 0 Å². The molecule has 1 aromatic heterocycles. The number of pyridine rings is 1. The van der Waals surface area contributed by atoms with Gasteiger partial charge < -0.3 is 9.84 Å². The van der Waals surface area contributed by atoms with Gasteiger partial charge in [0.1, 0.15) is 11.5 Å². The Hall–Kier alpha value is -2.38. The van der Waals surface area contributed by atoms with Crippen LogP contribution in [0.25, 0.3) is 0 Å². The third-order valence-corrected chi connectivity index (χ3v) is 2.73. The normalized spacial score (nSPS) is 11.7. The zero-order valence-corrected chi connectivity index (χ0v) is 10.8. The standard InChI is InChI=1S/C15H14N2O2/c1-10-3-4-12(8-16)7-15(10)19-13-5-6-14(11(2)18)17-9-13/h3-7,9,11,18H,1-2H3/t11-/m0/s1. The Balaban J connectivity index is 2.24. The number of nitriles is 1. The number of hydrogen-bond donors (Lipinski definition) is 1. The van der Waals surface area contributed by atoms with Crippen LogP contribution in [0.3, 0.4) is 0 Å². The third-order valence-electron chi connectivity index (χ3n) is 2.73. The van der Waals surface area contributed by atoms with E-state index in [0.717, 1.165) is 5.56 Å². The maximum Gasteiger partial charge on any atom is 0.145 e. The van der Waals surface area contributed by atoms with Crippen LogP contribution < -0.4 is 4.74 Å². The molecule has 2 aromatic rings. The van der Waals surface area contributed by atoms with Crippen LogP contribution in [0.15, 0.2) is 36.5 Å². The molecule has 0 amide bonds. The first kappa shape index (κ1) is 13.1. The van der Waals surface area contributed by atoms with Crippen molar-refractivity contribution in [2.24, 2.45) is 0 Å². The summed E-state index contributed by atoms with van der Waals surface area (Å²) in [6, 6.07) is 10.8. The Bertz CT molecular complexity index is 613. The number of aliphatic hydroxyl groups is 1. The number of rotatable bonds is 3. The maximum atomic E-state index is 9.38. The van der Waals surface area contributed by atoms with Crippen molar-refractivity contribution in [1.29, 1.82) is 5.26 Å². The lowest BCUT2D eigenvalue weighted by molar-refractivity contribution is 0.194. The molecule has 0 spiro atoms. The quantitative estimate of drug-likeness (QED) is 0.913. The summed E-state index contributed by atoms with van der Waals surface area (Å²) in [4.78, 5) is 4.11. The molecule has 0 bridgehead atoms. The van der Waals surface area contributed by atoms with Gasteiger partial charge in [0.05, 0.1) is 29.6 Å². The molecule has 1 heterocycles. The first-order valence-electron chi connectivity index (χ1n) is 5.93. The summed E-state index contributed by atoms with van der Waals surface area (Å²) in [6.45, 7) is 3.57. The lowest BCUT2D eigenvalue weighted by Crippen LogP contribution is -1.95. The average Bonchev–Trinajstić information content (AvgIpc) is 2.42. The molecular weight excluding hydrogens is 240 g/mol. The van der Waals surface area contributed by atoms with Gasteiger partial charge in [-0.15, -0.1) is 0 Å². The molecule has 0 saturated heterocycles. The lowest BCUT2D eigenvalue weighted by Gasteiger charge is -2.09. The van der Waals surface area contributed by atoms with Crippen LogP contribution in [0, 0.1) is 18.3 Å². The van der Waals surface area contributed by atoms with Gasteiger partial charge in [0.2, 0.25) is 0 Å². The second kappa shape index (κ2) is 5.51. The molecular formula is C15H14N2O2. The first-order chi connectivity index (χ1) is 9.10. The molecule has 2 rings (SSSR count). The summed E-state index contributed by atoms with van der Waals surface area (Å²) >= 11 is 0. The predicted octanol–water partition coefficient (Wildman–Crippen LogP) is 3.11. The molecule has 4 nitrogen and oxygen atoms in total. The summed E-state index contributed by atoms with van der Waals surface area (Å²) < 4.78 is 5.69. The molecule has 0 radical (unpaired) electrons. The van der Waals surface area contributed by atoms with Crippen molar-refractivity contribution in [3.8, 4) is 17.6 Å². The van der Waals surface area contributed by atoms with Gasteiger partial charge in [-0.25, -0.2) is 0 Å². The molecule has 0 unspecified atom stereocenters. The maximum absolute atomic E-state index is 9.38. The molecule has 0 fully saturated rings. The Morgan fingerprint density at radius 2 is 2.11 bits per heavy atom. The zero-order valence-electron chi connectivity index (χ0n) is 10.8. The van der Waals surface area contributed by atoms with Gasteiger partial charge in [0.15, 0.2) is 0 Å². The number of nitrogens with zero attached hydrogens (tertiary/aromatic N) is 2. The predicted molar refractivity (Wildman–Crippen MR) is 70.8 cm³/mol.